The van der Waals surface area contributed by atoms with Crippen molar-refractivity contribution in [3.05, 3.63) is 64.2 Å². The van der Waals surface area contributed by atoms with Crippen LogP contribution >= 0.6 is 11.6 Å². The van der Waals surface area contributed by atoms with Crippen LogP contribution < -0.4 is 4.74 Å². The number of ether oxygens (including phenoxy) is 1. The molecule has 0 aromatic heterocycles. The summed E-state index contributed by atoms with van der Waals surface area (Å²) >= 11 is 6.13. The highest BCUT2D eigenvalue weighted by atomic mass is 35.5. The molecular weight excluding hydrogens is 458 g/mol. The Labute approximate surface area is 203 Å². The molecule has 7 nitrogen and oxygen atoms in total. The Morgan fingerprint density at radius 2 is 1.97 bits per heavy atom. The number of amides is 2. The number of hydrogen-bond donors (Lipinski definition) is 1. The van der Waals surface area contributed by atoms with E-state index in [0.29, 0.717) is 35.6 Å². The molecule has 0 bridgehead atoms. The SMILES string of the molecule is CC[C@H](CC(=O)N1CC(=O)CC[C@@H](Cc2cc(Cl)ccc2OC)C1=O)c1cccc(C(=O)O)c1. The predicted octanol–water partition coefficient (Wildman–Crippen LogP) is 4.51. The first kappa shape index (κ1) is 25.4. The highest BCUT2D eigenvalue weighted by Gasteiger charge is 2.35. The van der Waals surface area contributed by atoms with Gasteiger partial charge in [-0.2, -0.15) is 0 Å². The number of imide groups is 1. The number of Topliss-reactive ketones (excluding diaryl/α,β-unsaturated/α-hetero) is 1. The first-order valence-electron chi connectivity index (χ1n) is 11.2. The minimum Gasteiger partial charge on any atom is -0.496 e. The van der Waals surface area contributed by atoms with Gasteiger partial charge in [-0.05, 0) is 66.6 Å². The van der Waals surface area contributed by atoms with Crippen molar-refractivity contribution in [3.8, 4) is 5.75 Å². The summed E-state index contributed by atoms with van der Waals surface area (Å²) in [4.78, 5) is 51.4. The Kier molecular flexibility index (Phi) is 8.45. The molecule has 1 aliphatic rings. The number of ketones is 1. The van der Waals surface area contributed by atoms with Crippen molar-refractivity contribution in [2.75, 3.05) is 13.7 Å². The second kappa shape index (κ2) is 11.3. The van der Waals surface area contributed by atoms with Gasteiger partial charge in [-0.1, -0.05) is 30.7 Å². The number of carbonyl (C=O) groups excluding carboxylic acids is 3. The topological polar surface area (TPSA) is 101 Å². The van der Waals surface area contributed by atoms with E-state index in [9.17, 15) is 24.3 Å². The van der Waals surface area contributed by atoms with Crippen molar-refractivity contribution in [1.82, 2.24) is 4.90 Å². The maximum atomic E-state index is 13.4. The molecule has 180 valence electrons. The number of hydrogen-bond acceptors (Lipinski definition) is 5. The molecule has 0 radical (unpaired) electrons. The largest absolute Gasteiger partial charge is 0.496 e. The summed E-state index contributed by atoms with van der Waals surface area (Å²) in [6, 6.07) is 11.6. The third-order valence-corrected chi connectivity index (χ3v) is 6.49. The quantitative estimate of drug-likeness (QED) is 0.590. The minimum absolute atomic E-state index is 0.00575. The molecule has 1 N–H and O–H groups in total. The molecule has 0 aliphatic carbocycles. The Hall–Kier alpha value is -3.19. The Bertz CT molecular complexity index is 1100. The zero-order valence-corrected chi connectivity index (χ0v) is 20.0. The summed E-state index contributed by atoms with van der Waals surface area (Å²) in [5, 5.41) is 9.78. The van der Waals surface area contributed by atoms with Crippen molar-refractivity contribution in [3.63, 3.8) is 0 Å². The van der Waals surface area contributed by atoms with E-state index in [0.717, 1.165) is 10.5 Å². The van der Waals surface area contributed by atoms with Crippen LogP contribution in [-0.4, -0.2) is 47.2 Å². The number of rotatable bonds is 8. The Morgan fingerprint density at radius 3 is 2.65 bits per heavy atom. The van der Waals surface area contributed by atoms with Crippen LogP contribution in [0, 0.1) is 5.92 Å². The van der Waals surface area contributed by atoms with Gasteiger partial charge >= 0.3 is 5.97 Å². The summed E-state index contributed by atoms with van der Waals surface area (Å²) in [7, 11) is 1.53. The van der Waals surface area contributed by atoms with Crippen molar-refractivity contribution in [2.45, 2.75) is 44.9 Å². The summed E-state index contributed by atoms with van der Waals surface area (Å²) in [5.74, 6) is -2.26. The van der Waals surface area contributed by atoms with Gasteiger partial charge in [0.2, 0.25) is 11.8 Å². The lowest BCUT2D eigenvalue weighted by molar-refractivity contribution is -0.148. The van der Waals surface area contributed by atoms with Gasteiger partial charge in [0.15, 0.2) is 5.78 Å². The van der Waals surface area contributed by atoms with Crippen LogP contribution in [0.15, 0.2) is 42.5 Å². The predicted molar refractivity (Wildman–Crippen MR) is 127 cm³/mol. The van der Waals surface area contributed by atoms with Gasteiger partial charge in [0.1, 0.15) is 5.75 Å². The molecule has 0 saturated carbocycles. The molecule has 3 rings (SSSR count). The Morgan fingerprint density at radius 1 is 1.21 bits per heavy atom. The van der Waals surface area contributed by atoms with Crippen molar-refractivity contribution < 1.29 is 29.0 Å². The second-order valence-corrected chi connectivity index (χ2v) is 8.93. The summed E-state index contributed by atoms with van der Waals surface area (Å²) in [6.07, 6.45) is 1.44. The van der Waals surface area contributed by atoms with E-state index in [1.165, 1.54) is 13.2 Å². The van der Waals surface area contributed by atoms with E-state index in [2.05, 4.69) is 0 Å². The average molecular weight is 486 g/mol. The first-order chi connectivity index (χ1) is 16.2. The molecule has 2 atom stereocenters. The molecule has 1 heterocycles. The molecule has 34 heavy (non-hydrogen) atoms. The molecule has 0 spiro atoms. The van der Waals surface area contributed by atoms with Gasteiger partial charge in [-0.25, -0.2) is 4.79 Å². The normalized spacial score (nSPS) is 17.3. The zero-order valence-electron chi connectivity index (χ0n) is 19.3. The van der Waals surface area contributed by atoms with E-state index in [1.807, 2.05) is 6.92 Å². The standard InChI is InChI=1S/C26H28ClNO6/c1-3-16(17-5-4-6-19(11-17)26(32)33)14-24(30)28-15-22(29)9-7-18(25(28)31)12-20-13-21(27)8-10-23(20)34-2/h4-6,8,10-11,13,16,18H,3,7,9,12,14-15H2,1-2H3,(H,32,33)/t16-,18+/m1/s1. The molecule has 0 unspecified atom stereocenters. The fourth-order valence-corrected chi connectivity index (χ4v) is 4.52. The number of methoxy groups -OCH3 is 1. The zero-order chi connectivity index (χ0) is 24.8. The molecule has 1 fully saturated rings. The van der Waals surface area contributed by atoms with Crippen LogP contribution in [0.4, 0.5) is 0 Å². The van der Waals surface area contributed by atoms with E-state index in [4.69, 9.17) is 16.3 Å². The van der Waals surface area contributed by atoms with E-state index < -0.39 is 17.8 Å². The van der Waals surface area contributed by atoms with Crippen LogP contribution in [0.3, 0.4) is 0 Å². The highest BCUT2D eigenvalue weighted by molar-refractivity contribution is 6.30. The molecule has 1 saturated heterocycles. The minimum atomic E-state index is -1.05. The third kappa shape index (κ3) is 6.03. The van der Waals surface area contributed by atoms with Gasteiger partial charge in [0.05, 0.1) is 19.2 Å². The fourth-order valence-electron chi connectivity index (χ4n) is 4.33. The van der Waals surface area contributed by atoms with Gasteiger partial charge in [0, 0.05) is 23.8 Å². The summed E-state index contributed by atoms with van der Waals surface area (Å²) < 4.78 is 5.39. The van der Waals surface area contributed by atoms with Crippen molar-refractivity contribution in [2.24, 2.45) is 5.92 Å². The number of carboxylic acids is 1. The molecule has 8 heteroatoms. The van der Waals surface area contributed by atoms with Gasteiger partial charge in [-0.3, -0.25) is 19.3 Å². The van der Waals surface area contributed by atoms with Crippen LogP contribution in [0.2, 0.25) is 5.02 Å². The van der Waals surface area contributed by atoms with E-state index in [-0.39, 0.29) is 42.6 Å². The first-order valence-corrected chi connectivity index (χ1v) is 11.6. The number of halogens is 1. The molecule has 2 amide bonds. The molecule has 1 aliphatic heterocycles. The van der Waals surface area contributed by atoms with Gasteiger partial charge in [0.25, 0.3) is 0 Å². The smallest absolute Gasteiger partial charge is 0.335 e. The lowest BCUT2D eigenvalue weighted by Gasteiger charge is -2.25. The summed E-state index contributed by atoms with van der Waals surface area (Å²) in [5.41, 5.74) is 1.59. The average Bonchev–Trinajstić information content (AvgIpc) is 2.96. The van der Waals surface area contributed by atoms with Crippen LogP contribution in [0.25, 0.3) is 0 Å². The van der Waals surface area contributed by atoms with Crippen LogP contribution in [0.1, 0.15) is 60.0 Å². The van der Waals surface area contributed by atoms with Crippen LogP contribution in [-0.2, 0) is 20.8 Å². The number of carboxylic acid groups (broad SMARTS) is 1. The monoisotopic (exact) mass is 485 g/mol. The van der Waals surface area contributed by atoms with Gasteiger partial charge < -0.3 is 9.84 Å². The number of benzene rings is 2. The maximum absolute atomic E-state index is 13.4. The van der Waals surface area contributed by atoms with Gasteiger partial charge in [-0.15, -0.1) is 0 Å². The lowest BCUT2D eigenvalue weighted by atomic mass is 9.91. The molecule has 2 aromatic carbocycles. The summed E-state index contributed by atoms with van der Waals surface area (Å²) in [6.45, 7) is 1.65. The highest BCUT2D eigenvalue weighted by Crippen LogP contribution is 2.30. The van der Waals surface area contributed by atoms with Crippen LogP contribution in [0.5, 0.6) is 5.75 Å². The van der Waals surface area contributed by atoms with Crippen molar-refractivity contribution in [1.29, 1.82) is 0 Å². The lowest BCUT2D eigenvalue weighted by Crippen LogP contribution is -2.42. The number of likely N-dealkylation sites (tertiary alicyclic amines) is 1. The molecule has 2 aromatic rings. The van der Waals surface area contributed by atoms with E-state index in [1.54, 1.807) is 36.4 Å². The van der Waals surface area contributed by atoms with Crippen molar-refractivity contribution >= 4 is 35.2 Å². The third-order valence-electron chi connectivity index (χ3n) is 6.25. The maximum Gasteiger partial charge on any atom is 0.335 e. The second-order valence-electron chi connectivity index (χ2n) is 8.49. The van der Waals surface area contributed by atoms with E-state index >= 15 is 0 Å². The Balaban J connectivity index is 1.81. The number of nitrogens with zero attached hydrogens (tertiary/aromatic N) is 1. The fraction of sp³-hybridized carbons (Fsp3) is 0.385. The number of carbonyl (C=O) groups is 4. The number of aromatic carboxylic acids is 1. The molecular formula is C26H28ClNO6.